The van der Waals surface area contributed by atoms with E-state index in [1.807, 2.05) is 0 Å². The zero-order chi connectivity index (χ0) is 25.4. The molecule has 0 saturated carbocycles. The first-order chi connectivity index (χ1) is 16.1. The lowest BCUT2D eigenvalue weighted by atomic mass is 9.87. The third-order valence-corrected chi connectivity index (χ3v) is 5.01. The van der Waals surface area contributed by atoms with Crippen LogP contribution in [0.15, 0.2) is 18.0 Å². The summed E-state index contributed by atoms with van der Waals surface area (Å²) in [7, 11) is 2.70. The molecule has 1 aliphatic heterocycles. The van der Waals surface area contributed by atoms with Gasteiger partial charge in [0.1, 0.15) is 12.7 Å². The van der Waals surface area contributed by atoms with Crippen LogP contribution in [0.25, 0.3) is 0 Å². The monoisotopic (exact) mass is 483 g/mol. The Morgan fingerprint density at radius 1 is 1.09 bits per heavy atom. The summed E-state index contributed by atoms with van der Waals surface area (Å²) < 4.78 is 33.3. The van der Waals surface area contributed by atoms with Gasteiger partial charge in [-0.3, -0.25) is 14.4 Å². The molecule has 188 valence electrons. The summed E-state index contributed by atoms with van der Waals surface area (Å²) in [5, 5.41) is 8.02. The Hall–Kier alpha value is -3.48. The van der Waals surface area contributed by atoms with Gasteiger partial charge in [-0.1, -0.05) is 12.1 Å². The second-order valence-corrected chi connectivity index (χ2v) is 7.58. The fourth-order valence-electron chi connectivity index (χ4n) is 3.59. The van der Waals surface area contributed by atoms with E-state index in [2.05, 4.69) is 10.3 Å². The smallest absolute Gasteiger partial charge is 0.373 e. The van der Waals surface area contributed by atoms with Crippen LogP contribution in [0.1, 0.15) is 39.4 Å². The fourth-order valence-corrected chi connectivity index (χ4v) is 3.59. The van der Waals surface area contributed by atoms with Gasteiger partial charge in [-0.25, -0.2) is 9.48 Å². The van der Waals surface area contributed by atoms with Gasteiger partial charge in [-0.15, -0.1) is 5.10 Å². The summed E-state index contributed by atoms with van der Waals surface area (Å²) >= 11 is 0. The maximum Gasteiger partial charge on any atom is 0.373 e. The predicted octanol–water partition coefficient (Wildman–Crippen LogP) is 0.484. The molecular formula is C21H29N3O10. The lowest BCUT2D eigenvalue weighted by Gasteiger charge is -2.40. The molecule has 13 nitrogen and oxygen atoms in total. The molecule has 0 spiro atoms. The summed E-state index contributed by atoms with van der Waals surface area (Å²) in [6, 6.07) is -0.606. The Morgan fingerprint density at radius 3 is 2.32 bits per heavy atom. The number of aromatic nitrogens is 3. The van der Waals surface area contributed by atoms with Crippen molar-refractivity contribution in [2.24, 2.45) is 5.92 Å². The van der Waals surface area contributed by atoms with Crippen LogP contribution in [0.4, 0.5) is 0 Å². The summed E-state index contributed by atoms with van der Waals surface area (Å²) in [5.74, 6) is -3.48. The molecule has 1 aromatic heterocycles. The Labute approximate surface area is 196 Å². The zero-order valence-electron chi connectivity index (χ0n) is 19.9. The van der Waals surface area contributed by atoms with Gasteiger partial charge in [0.05, 0.1) is 31.6 Å². The van der Waals surface area contributed by atoms with E-state index in [0.29, 0.717) is 5.69 Å². The van der Waals surface area contributed by atoms with Crippen LogP contribution >= 0.6 is 0 Å². The van der Waals surface area contributed by atoms with E-state index in [4.69, 9.17) is 28.4 Å². The van der Waals surface area contributed by atoms with Gasteiger partial charge in [0.15, 0.2) is 12.2 Å². The first-order valence-corrected chi connectivity index (χ1v) is 10.4. The van der Waals surface area contributed by atoms with Crippen LogP contribution in [-0.2, 0) is 54.2 Å². The maximum atomic E-state index is 12.4. The quantitative estimate of drug-likeness (QED) is 0.336. The average molecular weight is 483 g/mol. The molecule has 1 aromatic rings. The van der Waals surface area contributed by atoms with Crippen molar-refractivity contribution >= 4 is 23.9 Å². The number of carbonyl (C=O) groups excluding carboxylic acids is 4. The van der Waals surface area contributed by atoms with E-state index in [1.54, 1.807) is 11.6 Å². The molecule has 2 heterocycles. The first-order valence-electron chi connectivity index (χ1n) is 10.4. The average Bonchev–Trinajstić information content (AvgIpc) is 3.22. The van der Waals surface area contributed by atoms with Crippen molar-refractivity contribution in [3.05, 3.63) is 23.7 Å². The molecular weight excluding hydrogens is 454 g/mol. The molecule has 0 aromatic carbocycles. The van der Waals surface area contributed by atoms with Crippen LogP contribution in [0.3, 0.4) is 0 Å². The van der Waals surface area contributed by atoms with Crippen molar-refractivity contribution in [1.82, 2.24) is 15.0 Å². The van der Waals surface area contributed by atoms with Crippen molar-refractivity contribution in [3.63, 3.8) is 0 Å². The highest BCUT2D eigenvalue weighted by Gasteiger charge is 2.46. The van der Waals surface area contributed by atoms with Gasteiger partial charge in [-0.2, -0.15) is 0 Å². The number of nitrogens with zero attached hydrogens (tertiary/aromatic N) is 3. The van der Waals surface area contributed by atoms with Crippen LogP contribution in [0.5, 0.6) is 0 Å². The predicted molar refractivity (Wildman–Crippen MR) is 112 cm³/mol. The van der Waals surface area contributed by atoms with Crippen LogP contribution in [-0.4, -0.2) is 78.0 Å². The minimum absolute atomic E-state index is 0.166. The Bertz CT molecular complexity index is 928. The summed E-state index contributed by atoms with van der Waals surface area (Å²) in [6.45, 7) is 5.07. The minimum atomic E-state index is -1.25. The molecule has 0 radical (unpaired) electrons. The van der Waals surface area contributed by atoms with Crippen molar-refractivity contribution in [2.75, 3.05) is 20.8 Å². The van der Waals surface area contributed by atoms with Gasteiger partial charge in [0.25, 0.3) is 0 Å². The Balaban J connectivity index is 2.54. The van der Waals surface area contributed by atoms with E-state index in [-0.39, 0.29) is 12.4 Å². The maximum absolute atomic E-state index is 12.4. The number of hydrogen-bond acceptors (Lipinski definition) is 12. The molecule has 0 amide bonds. The molecule has 34 heavy (non-hydrogen) atoms. The number of carbonyl (C=O) groups is 4. The van der Waals surface area contributed by atoms with Crippen LogP contribution < -0.4 is 0 Å². The van der Waals surface area contributed by atoms with Gasteiger partial charge >= 0.3 is 23.9 Å². The summed E-state index contributed by atoms with van der Waals surface area (Å²) in [4.78, 5) is 47.6. The molecule has 0 fully saturated rings. The number of allylic oxidation sites excluding steroid dienone is 1. The largest absolute Gasteiger partial charge is 0.479 e. The van der Waals surface area contributed by atoms with Crippen molar-refractivity contribution in [2.45, 2.75) is 58.7 Å². The summed E-state index contributed by atoms with van der Waals surface area (Å²) in [6.07, 6.45) is -0.477. The Kier molecular flexibility index (Phi) is 9.54. The van der Waals surface area contributed by atoms with E-state index in [0.717, 1.165) is 6.92 Å². The third-order valence-electron chi connectivity index (χ3n) is 5.01. The summed E-state index contributed by atoms with van der Waals surface area (Å²) in [5.41, 5.74) is 0.612. The van der Waals surface area contributed by atoms with Crippen LogP contribution in [0.2, 0.25) is 0 Å². The second kappa shape index (κ2) is 12.1. The highest BCUT2D eigenvalue weighted by Crippen LogP contribution is 2.36. The van der Waals surface area contributed by atoms with E-state index in [9.17, 15) is 19.2 Å². The highest BCUT2D eigenvalue weighted by atomic mass is 16.6. The van der Waals surface area contributed by atoms with E-state index in [1.165, 1.54) is 40.3 Å². The van der Waals surface area contributed by atoms with Gasteiger partial charge < -0.3 is 28.4 Å². The molecule has 5 atom stereocenters. The molecule has 1 aliphatic rings. The molecule has 0 aliphatic carbocycles. The Morgan fingerprint density at radius 2 is 1.76 bits per heavy atom. The zero-order valence-corrected chi connectivity index (χ0v) is 19.9. The highest BCUT2D eigenvalue weighted by molar-refractivity contribution is 5.86. The second-order valence-electron chi connectivity index (χ2n) is 7.58. The molecule has 13 heteroatoms. The molecule has 0 saturated heterocycles. The van der Waals surface area contributed by atoms with Gasteiger partial charge in [0.2, 0.25) is 5.76 Å². The topological polar surface area (TPSA) is 154 Å². The lowest BCUT2D eigenvalue weighted by Crippen LogP contribution is -2.52. The molecule has 0 N–H and O–H groups in total. The SMILES string of the molecule is COCc1cnnn1[C@H]1C=C(C(=O)OC)O[C@@H]([C@H](OC(C)=O)C(COC(C)=O)OC(C)=O)[C@@H]1C. The number of hydrogen-bond donors (Lipinski definition) is 0. The molecule has 1 unspecified atom stereocenters. The fraction of sp³-hybridized carbons (Fsp3) is 0.619. The molecule has 0 bridgehead atoms. The third kappa shape index (κ3) is 6.76. The van der Waals surface area contributed by atoms with E-state index >= 15 is 0 Å². The van der Waals surface area contributed by atoms with Crippen molar-refractivity contribution in [1.29, 1.82) is 0 Å². The van der Waals surface area contributed by atoms with Crippen LogP contribution in [0, 0.1) is 5.92 Å². The van der Waals surface area contributed by atoms with Gasteiger partial charge in [0, 0.05) is 33.8 Å². The lowest BCUT2D eigenvalue weighted by molar-refractivity contribution is -0.190. The number of methoxy groups -OCH3 is 2. The molecule has 2 rings (SSSR count). The number of rotatable bonds is 10. The minimum Gasteiger partial charge on any atom is -0.479 e. The number of esters is 4. The normalized spacial score (nSPS) is 21.4. The first kappa shape index (κ1) is 26.8. The van der Waals surface area contributed by atoms with Crippen molar-refractivity contribution < 1.29 is 47.6 Å². The van der Waals surface area contributed by atoms with E-state index < -0.39 is 60.8 Å². The van der Waals surface area contributed by atoms with Gasteiger partial charge in [-0.05, 0) is 6.08 Å². The van der Waals surface area contributed by atoms with Crippen molar-refractivity contribution in [3.8, 4) is 0 Å². The number of ether oxygens (including phenoxy) is 6. The standard InChI is InChI=1S/C21H29N3O10/c1-11-16(24-15(9-29-5)8-22-23-24)7-17(21(28)30-6)34-19(11)20(33-14(4)27)18(32-13(3)26)10-31-12(2)25/h7-8,11,16,18-20H,9-10H2,1-6H3/t11-,16+,18?,19-,20-/m1/s1.